The maximum atomic E-state index is 15.0. The van der Waals surface area contributed by atoms with Gasteiger partial charge in [-0.05, 0) is 55.4 Å². The summed E-state index contributed by atoms with van der Waals surface area (Å²) in [6.45, 7) is 10.0. The van der Waals surface area contributed by atoms with Crippen LogP contribution in [0.2, 0.25) is 0 Å². The number of nitrogens with zero attached hydrogens (tertiary/aromatic N) is 3. The van der Waals surface area contributed by atoms with Gasteiger partial charge in [-0.2, -0.15) is 10.2 Å². The summed E-state index contributed by atoms with van der Waals surface area (Å²) >= 11 is 0. The molecule has 0 amide bonds. The average molecular weight is 445 g/mol. The number of fused-ring (bicyclic) bond motifs is 1. The first kappa shape index (κ1) is 21.7. The molecular formula is C27H29FN4O. The van der Waals surface area contributed by atoms with Crippen molar-refractivity contribution in [1.29, 1.82) is 0 Å². The first-order valence-electron chi connectivity index (χ1n) is 11.6. The monoisotopic (exact) mass is 444 g/mol. The number of allylic oxidation sites excluding steroid dienone is 3. The van der Waals surface area contributed by atoms with Gasteiger partial charge in [0.2, 0.25) is 0 Å². The zero-order valence-corrected chi connectivity index (χ0v) is 19.8. The third-order valence-electron chi connectivity index (χ3n) is 7.32. The van der Waals surface area contributed by atoms with Gasteiger partial charge in [0.1, 0.15) is 0 Å². The SMILES string of the molecule is CC[C@@]1(c2cccc(-c3ccnc(C)c3F)c2)C2=C(CC(C)(C)CC2=O)NC2N=NC(C)=C21. The number of hydrogen-bond donors (Lipinski definition) is 1. The number of rotatable bonds is 3. The molecule has 5 nitrogen and oxygen atoms in total. The summed E-state index contributed by atoms with van der Waals surface area (Å²) in [6.07, 6.45) is 3.32. The van der Waals surface area contributed by atoms with E-state index in [2.05, 4.69) is 47.4 Å². The highest BCUT2D eigenvalue weighted by Gasteiger charge is 2.53. The minimum Gasteiger partial charge on any atom is -0.362 e. The molecular weight excluding hydrogens is 415 g/mol. The molecule has 3 aliphatic rings. The second-order valence-corrected chi connectivity index (χ2v) is 10.2. The van der Waals surface area contributed by atoms with Crippen LogP contribution in [0.4, 0.5) is 4.39 Å². The molecule has 0 saturated heterocycles. The van der Waals surface area contributed by atoms with Crippen LogP contribution in [0.5, 0.6) is 0 Å². The van der Waals surface area contributed by atoms with Crippen molar-refractivity contribution in [1.82, 2.24) is 10.3 Å². The van der Waals surface area contributed by atoms with E-state index in [1.54, 1.807) is 19.2 Å². The summed E-state index contributed by atoms with van der Waals surface area (Å²) in [5.41, 5.74) is 5.52. The van der Waals surface area contributed by atoms with Gasteiger partial charge in [0, 0.05) is 35.0 Å². The number of azo groups is 1. The van der Waals surface area contributed by atoms with Crippen molar-refractivity contribution < 1.29 is 9.18 Å². The Morgan fingerprint density at radius 2 is 1.97 bits per heavy atom. The van der Waals surface area contributed by atoms with Crippen LogP contribution in [-0.4, -0.2) is 16.9 Å². The third kappa shape index (κ3) is 3.18. The lowest BCUT2D eigenvalue weighted by Gasteiger charge is -2.48. The topological polar surface area (TPSA) is 66.7 Å². The quantitative estimate of drug-likeness (QED) is 0.617. The number of carbonyl (C=O) groups is 1. The fraction of sp³-hybridized carbons (Fsp3) is 0.407. The predicted octanol–water partition coefficient (Wildman–Crippen LogP) is 6.16. The van der Waals surface area contributed by atoms with Gasteiger partial charge in [-0.15, -0.1) is 0 Å². The van der Waals surface area contributed by atoms with E-state index in [9.17, 15) is 9.18 Å². The van der Waals surface area contributed by atoms with Gasteiger partial charge in [-0.3, -0.25) is 9.78 Å². The summed E-state index contributed by atoms with van der Waals surface area (Å²) in [5.74, 6) is -0.155. The first-order chi connectivity index (χ1) is 15.7. The number of nitrogens with one attached hydrogen (secondary N) is 1. The summed E-state index contributed by atoms with van der Waals surface area (Å²) < 4.78 is 15.0. The molecule has 6 heteroatoms. The van der Waals surface area contributed by atoms with Crippen molar-refractivity contribution in [3.05, 3.63) is 76.1 Å². The molecule has 33 heavy (non-hydrogen) atoms. The lowest BCUT2D eigenvalue weighted by molar-refractivity contribution is -0.119. The number of Topliss-reactive ketones (excluding diaryl/α,β-unsaturated/α-hetero) is 1. The van der Waals surface area contributed by atoms with Crippen LogP contribution in [0.25, 0.3) is 11.1 Å². The Morgan fingerprint density at radius 3 is 2.73 bits per heavy atom. The number of pyridine rings is 1. The van der Waals surface area contributed by atoms with Crippen LogP contribution in [0.3, 0.4) is 0 Å². The molecule has 5 rings (SSSR count). The van der Waals surface area contributed by atoms with Crippen LogP contribution in [0, 0.1) is 18.2 Å². The van der Waals surface area contributed by atoms with Crippen molar-refractivity contribution in [2.24, 2.45) is 15.6 Å². The van der Waals surface area contributed by atoms with E-state index in [1.807, 2.05) is 25.1 Å². The summed E-state index contributed by atoms with van der Waals surface area (Å²) in [7, 11) is 0. The van der Waals surface area contributed by atoms with Crippen molar-refractivity contribution in [2.45, 2.75) is 65.5 Å². The average Bonchev–Trinajstić information content (AvgIpc) is 3.14. The molecule has 1 N–H and O–H groups in total. The molecule has 170 valence electrons. The first-order valence-corrected chi connectivity index (χ1v) is 11.6. The van der Waals surface area contributed by atoms with Gasteiger partial charge in [0.25, 0.3) is 0 Å². The van der Waals surface area contributed by atoms with Gasteiger partial charge in [-0.1, -0.05) is 39.0 Å². The lowest BCUT2D eigenvalue weighted by atomic mass is 9.58. The Labute approximate surface area is 193 Å². The zero-order chi connectivity index (χ0) is 23.5. The Balaban J connectivity index is 1.78. The maximum Gasteiger partial charge on any atom is 0.165 e. The molecule has 1 aromatic heterocycles. The zero-order valence-electron chi connectivity index (χ0n) is 19.8. The molecule has 2 atom stereocenters. The normalized spacial score (nSPS) is 25.8. The van der Waals surface area contributed by atoms with Crippen LogP contribution in [-0.2, 0) is 10.2 Å². The molecule has 1 unspecified atom stereocenters. The number of aromatic nitrogens is 1. The second kappa shape index (κ2) is 7.44. The Hall–Kier alpha value is -3.15. The van der Waals surface area contributed by atoms with E-state index in [-0.39, 0.29) is 23.2 Å². The van der Waals surface area contributed by atoms with Crippen LogP contribution < -0.4 is 5.32 Å². The molecule has 3 heterocycles. The van der Waals surface area contributed by atoms with Crippen molar-refractivity contribution in [3.8, 4) is 11.1 Å². The van der Waals surface area contributed by atoms with Crippen molar-refractivity contribution in [2.75, 3.05) is 0 Å². The number of halogens is 1. The van der Waals surface area contributed by atoms with Crippen molar-refractivity contribution in [3.63, 3.8) is 0 Å². The van der Waals surface area contributed by atoms with Gasteiger partial charge in [0.05, 0.1) is 16.8 Å². The summed E-state index contributed by atoms with van der Waals surface area (Å²) in [4.78, 5) is 17.8. The molecule has 0 spiro atoms. The lowest BCUT2D eigenvalue weighted by Crippen LogP contribution is -2.51. The highest BCUT2D eigenvalue weighted by Crippen LogP contribution is 2.55. The number of hydrogen-bond acceptors (Lipinski definition) is 5. The molecule has 0 saturated carbocycles. The Morgan fingerprint density at radius 1 is 1.18 bits per heavy atom. The van der Waals surface area contributed by atoms with Crippen LogP contribution in [0.15, 0.2) is 69.3 Å². The molecule has 2 aliphatic heterocycles. The number of benzene rings is 1. The Bertz CT molecular complexity index is 1270. The van der Waals surface area contributed by atoms with Crippen LogP contribution >= 0.6 is 0 Å². The summed E-state index contributed by atoms with van der Waals surface area (Å²) in [5, 5.41) is 12.4. The number of carbonyl (C=O) groups excluding carboxylic acids is 1. The third-order valence-corrected chi connectivity index (χ3v) is 7.32. The fourth-order valence-corrected chi connectivity index (χ4v) is 5.93. The van der Waals surface area contributed by atoms with Gasteiger partial charge in [-0.25, -0.2) is 4.39 Å². The standard InChI is InChI=1S/C27H29FN4O/c1-6-27(18-9-7-8-17(12-18)19-10-11-29-16(3)24(19)28)22-15(2)31-32-25(22)30-20-13-26(4,5)14-21(33)23(20)27/h7-12,25,30H,6,13-14H2,1-5H3/t25?,27-/m0/s1. The smallest absolute Gasteiger partial charge is 0.165 e. The molecule has 0 bridgehead atoms. The molecule has 2 aromatic rings. The van der Waals surface area contributed by atoms with E-state index in [1.165, 1.54) is 0 Å². The number of ketones is 1. The highest BCUT2D eigenvalue weighted by atomic mass is 19.1. The van der Waals surface area contributed by atoms with Gasteiger partial charge in [0.15, 0.2) is 17.8 Å². The minimum absolute atomic E-state index is 0.117. The Kier molecular flexibility index (Phi) is 4.89. The van der Waals surface area contributed by atoms with Gasteiger partial charge >= 0.3 is 0 Å². The largest absolute Gasteiger partial charge is 0.362 e. The van der Waals surface area contributed by atoms with E-state index in [0.717, 1.165) is 40.1 Å². The van der Waals surface area contributed by atoms with E-state index in [0.29, 0.717) is 24.1 Å². The van der Waals surface area contributed by atoms with Crippen molar-refractivity contribution >= 4 is 5.78 Å². The highest BCUT2D eigenvalue weighted by molar-refractivity contribution is 6.01. The second-order valence-electron chi connectivity index (χ2n) is 10.2. The predicted molar refractivity (Wildman–Crippen MR) is 126 cm³/mol. The number of aryl methyl sites for hydroxylation is 1. The molecule has 0 fully saturated rings. The minimum atomic E-state index is -0.652. The molecule has 0 radical (unpaired) electrons. The molecule has 1 aliphatic carbocycles. The van der Waals surface area contributed by atoms with E-state index < -0.39 is 5.41 Å². The van der Waals surface area contributed by atoms with E-state index in [4.69, 9.17) is 0 Å². The fourth-order valence-electron chi connectivity index (χ4n) is 5.93. The van der Waals surface area contributed by atoms with Gasteiger partial charge < -0.3 is 5.32 Å². The molecule has 1 aromatic carbocycles. The summed E-state index contributed by atoms with van der Waals surface area (Å²) in [6, 6.07) is 9.65. The van der Waals surface area contributed by atoms with E-state index >= 15 is 0 Å². The van der Waals surface area contributed by atoms with Crippen LogP contribution in [0.1, 0.15) is 58.2 Å². The maximum absolute atomic E-state index is 15.0.